The van der Waals surface area contributed by atoms with Crippen molar-refractivity contribution < 1.29 is 19.1 Å². The molecule has 1 fully saturated rings. The monoisotopic (exact) mass is 380 g/mol. The number of anilines is 1. The van der Waals surface area contributed by atoms with Crippen molar-refractivity contribution in [1.82, 2.24) is 4.90 Å². The van der Waals surface area contributed by atoms with Crippen molar-refractivity contribution in [1.29, 1.82) is 0 Å². The zero-order valence-corrected chi connectivity index (χ0v) is 15.7. The van der Waals surface area contributed by atoms with Crippen LogP contribution in [0.1, 0.15) is 24.8 Å². The first-order chi connectivity index (χ1) is 13.7. The molecule has 1 N–H and O–H groups in total. The molecule has 1 heterocycles. The summed E-state index contributed by atoms with van der Waals surface area (Å²) >= 11 is 0. The molecule has 28 heavy (non-hydrogen) atoms. The maximum Gasteiger partial charge on any atom is 0.313 e. The number of hydrogen-bond donors (Lipinski definition) is 1. The Balaban J connectivity index is 1.45. The fourth-order valence-corrected chi connectivity index (χ4v) is 3.46. The van der Waals surface area contributed by atoms with Gasteiger partial charge < -0.3 is 19.7 Å². The van der Waals surface area contributed by atoms with Gasteiger partial charge in [0.25, 0.3) is 0 Å². The van der Waals surface area contributed by atoms with E-state index < -0.39 is 11.8 Å². The van der Waals surface area contributed by atoms with Gasteiger partial charge in [0.2, 0.25) is 0 Å². The van der Waals surface area contributed by atoms with Crippen LogP contribution in [0.4, 0.5) is 5.69 Å². The lowest BCUT2D eigenvalue weighted by molar-refractivity contribution is -0.144. The number of ether oxygens (including phenoxy) is 2. The Morgan fingerprint density at radius 3 is 2.46 bits per heavy atom. The van der Waals surface area contributed by atoms with E-state index in [2.05, 4.69) is 5.32 Å². The van der Waals surface area contributed by atoms with Crippen LogP contribution in [0.25, 0.3) is 0 Å². The zero-order valence-electron chi connectivity index (χ0n) is 15.7. The summed E-state index contributed by atoms with van der Waals surface area (Å²) in [7, 11) is 0. The first kappa shape index (κ1) is 18.3. The summed E-state index contributed by atoms with van der Waals surface area (Å²) in [5, 5.41) is 2.70. The van der Waals surface area contributed by atoms with Crippen LogP contribution < -0.4 is 14.8 Å². The lowest BCUT2D eigenvalue weighted by Gasteiger charge is -2.32. The van der Waals surface area contributed by atoms with Crippen molar-refractivity contribution in [3.63, 3.8) is 0 Å². The molecule has 2 aromatic rings. The van der Waals surface area contributed by atoms with Crippen molar-refractivity contribution in [3.05, 3.63) is 54.1 Å². The molecule has 1 saturated carbocycles. The molecule has 6 heteroatoms. The quantitative estimate of drug-likeness (QED) is 0.809. The number of rotatable bonds is 5. The second-order valence-corrected chi connectivity index (χ2v) is 7.28. The summed E-state index contributed by atoms with van der Waals surface area (Å²) in [5.41, 5.74) is 1.54. The first-order valence-corrected chi connectivity index (χ1v) is 9.73. The molecule has 0 atom stereocenters. The normalized spacial score (nSPS) is 15.4. The van der Waals surface area contributed by atoms with Gasteiger partial charge in [0.1, 0.15) is 13.2 Å². The molecule has 0 spiro atoms. The first-order valence-electron chi connectivity index (χ1n) is 9.73. The van der Waals surface area contributed by atoms with Gasteiger partial charge in [-0.2, -0.15) is 0 Å². The third-order valence-corrected chi connectivity index (χ3v) is 5.20. The van der Waals surface area contributed by atoms with E-state index in [4.69, 9.17) is 9.47 Å². The lowest BCUT2D eigenvalue weighted by Crippen LogP contribution is -2.43. The molecule has 1 aliphatic carbocycles. The van der Waals surface area contributed by atoms with Crippen LogP contribution in [0.5, 0.6) is 11.5 Å². The van der Waals surface area contributed by atoms with E-state index >= 15 is 0 Å². The number of carbonyl (C=O) groups excluding carboxylic acids is 2. The van der Waals surface area contributed by atoms with Crippen molar-refractivity contribution in [2.45, 2.75) is 25.8 Å². The highest BCUT2D eigenvalue weighted by Crippen LogP contribution is 2.32. The van der Waals surface area contributed by atoms with E-state index in [-0.39, 0.29) is 0 Å². The number of hydrogen-bond acceptors (Lipinski definition) is 4. The second-order valence-electron chi connectivity index (χ2n) is 7.28. The van der Waals surface area contributed by atoms with Gasteiger partial charge in [0.05, 0.1) is 0 Å². The van der Waals surface area contributed by atoms with Gasteiger partial charge in [-0.3, -0.25) is 9.59 Å². The van der Waals surface area contributed by atoms with Gasteiger partial charge in [-0.05, 0) is 36.5 Å². The highest BCUT2D eigenvalue weighted by atomic mass is 16.6. The number of nitrogens with one attached hydrogen (secondary N) is 1. The van der Waals surface area contributed by atoms with E-state index in [0.717, 1.165) is 18.4 Å². The molecule has 2 aromatic carbocycles. The van der Waals surface area contributed by atoms with Gasteiger partial charge >= 0.3 is 11.8 Å². The maximum atomic E-state index is 12.9. The van der Waals surface area contributed by atoms with Crippen LogP contribution in [0, 0.1) is 5.92 Å². The number of amides is 2. The minimum absolute atomic E-state index is 0.435. The molecule has 2 aliphatic rings. The highest BCUT2D eigenvalue weighted by molar-refractivity contribution is 6.39. The summed E-state index contributed by atoms with van der Waals surface area (Å²) in [5.74, 6) is 0.561. The van der Waals surface area contributed by atoms with Crippen LogP contribution in [-0.4, -0.2) is 36.5 Å². The molecule has 146 valence electrons. The second kappa shape index (κ2) is 8.33. The number of benzene rings is 2. The molecule has 0 radical (unpaired) electrons. The smallest absolute Gasteiger partial charge is 0.313 e. The van der Waals surface area contributed by atoms with E-state index in [1.807, 2.05) is 30.3 Å². The van der Waals surface area contributed by atoms with Crippen molar-refractivity contribution >= 4 is 17.5 Å². The van der Waals surface area contributed by atoms with Crippen LogP contribution in [0.2, 0.25) is 0 Å². The predicted molar refractivity (Wildman–Crippen MR) is 105 cm³/mol. The molecule has 6 nitrogen and oxygen atoms in total. The summed E-state index contributed by atoms with van der Waals surface area (Å²) < 4.78 is 11.0. The average molecular weight is 380 g/mol. The largest absolute Gasteiger partial charge is 0.486 e. The fourth-order valence-electron chi connectivity index (χ4n) is 3.46. The average Bonchev–Trinajstić information content (AvgIpc) is 2.70. The zero-order chi connectivity index (χ0) is 19.3. The van der Waals surface area contributed by atoms with E-state index in [1.54, 1.807) is 23.1 Å². The minimum atomic E-state index is -0.632. The molecule has 0 bridgehead atoms. The number of nitrogens with zero attached hydrogens (tertiary/aromatic N) is 1. The fraction of sp³-hybridized carbons (Fsp3) is 0.364. The minimum Gasteiger partial charge on any atom is -0.486 e. The standard InChI is InChI=1S/C22H24N2O4/c25-21(23-18-9-10-19-20(13-18)28-12-11-27-19)22(26)24(15-17-7-4-8-17)14-16-5-2-1-3-6-16/h1-3,5-6,9-10,13,17H,4,7-8,11-12,14-15H2,(H,23,25). The van der Waals surface area contributed by atoms with E-state index in [9.17, 15) is 9.59 Å². The molecular weight excluding hydrogens is 356 g/mol. The lowest BCUT2D eigenvalue weighted by atomic mass is 9.85. The molecule has 1 aliphatic heterocycles. The molecular formula is C22H24N2O4. The Morgan fingerprint density at radius 1 is 1.00 bits per heavy atom. The third kappa shape index (κ3) is 4.27. The Hall–Kier alpha value is -3.02. The molecule has 0 saturated heterocycles. The number of carbonyl (C=O) groups is 2. The van der Waals surface area contributed by atoms with Crippen molar-refractivity contribution in [2.24, 2.45) is 5.92 Å². The molecule has 2 amide bonds. The summed E-state index contributed by atoms with van der Waals surface area (Å²) in [4.78, 5) is 27.2. The summed E-state index contributed by atoms with van der Waals surface area (Å²) in [6, 6.07) is 14.9. The number of fused-ring (bicyclic) bond motifs is 1. The summed E-state index contributed by atoms with van der Waals surface area (Å²) in [6.45, 7) is 2.02. The SMILES string of the molecule is O=C(Nc1ccc2c(c1)OCCO2)C(=O)N(Cc1ccccc1)CC1CCC1. The Labute approximate surface area is 164 Å². The molecule has 0 aromatic heterocycles. The van der Waals surface area contributed by atoms with E-state index in [0.29, 0.717) is 49.4 Å². The Bertz CT molecular complexity index is 849. The third-order valence-electron chi connectivity index (χ3n) is 5.20. The van der Waals surface area contributed by atoms with Gasteiger partial charge in [-0.25, -0.2) is 0 Å². The van der Waals surface area contributed by atoms with Crippen LogP contribution in [0.3, 0.4) is 0 Å². The molecule has 4 rings (SSSR count). The van der Waals surface area contributed by atoms with Crippen LogP contribution in [-0.2, 0) is 16.1 Å². The Kier molecular flexibility index (Phi) is 5.46. The van der Waals surface area contributed by atoms with Gasteiger partial charge in [0, 0.05) is 24.8 Å². The molecule has 0 unspecified atom stereocenters. The van der Waals surface area contributed by atoms with Gasteiger partial charge in [0.15, 0.2) is 11.5 Å². The van der Waals surface area contributed by atoms with Crippen LogP contribution in [0.15, 0.2) is 48.5 Å². The summed E-state index contributed by atoms with van der Waals surface area (Å²) in [6.07, 6.45) is 3.42. The van der Waals surface area contributed by atoms with Gasteiger partial charge in [-0.15, -0.1) is 0 Å². The highest BCUT2D eigenvalue weighted by Gasteiger charge is 2.28. The Morgan fingerprint density at radius 2 is 1.75 bits per heavy atom. The van der Waals surface area contributed by atoms with Gasteiger partial charge in [-0.1, -0.05) is 36.8 Å². The van der Waals surface area contributed by atoms with Crippen LogP contribution >= 0.6 is 0 Å². The van der Waals surface area contributed by atoms with E-state index in [1.165, 1.54) is 6.42 Å². The maximum absolute atomic E-state index is 12.9. The predicted octanol–water partition coefficient (Wildman–Crippen LogP) is 3.23. The topological polar surface area (TPSA) is 67.9 Å². The van der Waals surface area contributed by atoms with Crippen molar-refractivity contribution in [2.75, 3.05) is 25.1 Å². The van der Waals surface area contributed by atoms with Crippen molar-refractivity contribution in [3.8, 4) is 11.5 Å².